The Hall–Kier alpha value is -2.04. The van der Waals surface area contributed by atoms with Crippen LogP contribution < -0.4 is 4.74 Å². The third-order valence-electron chi connectivity index (χ3n) is 4.80. The van der Waals surface area contributed by atoms with Crippen LogP contribution in [0.15, 0.2) is 18.2 Å². The molecule has 0 aromatic heterocycles. The van der Waals surface area contributed by atoms with Crippen molar-refractivity contribution in [3.05, 3.63) is 29.3 Å². The van der Waals surface area contributed by atoms with Crippen LogP contribution in [0.4, 0.5) is 0 Å². The second-order valence-corrected chi connectivity index (χ2v) is 6.98. The first kappa shape index (κ1) is 19.3. The highest BCUT2D eigenvalue weighted by Crippen LogP contribution is 2.24. The summed E-state index contributed by atoms with van der Waals surface area (Å²) in [5, 5.41) is 0. The molecule has 138 valence electrons. The molecule has 5 heteroatoms. The van der Waals surface area contributed by atoms with Gasteiger partial charge in [-0.15, -0.1) is 0 Å². The monoisotopic (exact) mass is 347 g/mol. The Morgan fingerprint density at radius 3 is 2.68 bits per heavy atom. The minimum absolute atomic E-state index is 0.00185. The summed E-state index contributed by atoms with van der Waals surface area (Å²) in [5.74, 6) is 0.824. The number of nitrogens with zero attached hydrogens (tertiary/aromatic N) is 1. The summed E-state index contributed by atoms with van der Waals surface area (Å²) in [6, 6.07) is 5.87. The van der Waals surface area contributed by atoms with E-state index in [-0.39, 0.29) is 30.9 Å². The van der Waals surface area contributed by atoms with Gasteiger partial charge in [-0.05, 0) is 55.4 Å². The first-order valence-electron chi connectivity index (χ1n) is 9.02. The summed E-state index contributed by atoms with van der Waals surface area (Å²) < 4.78 is 10.5. The van der Waals surface area contributed by atoms with Gasteiger partial charge in [0.25, 0.3) is 5.91 Å². The summed E-state index contributed by atoms with van der Waals surface area (Å²) in [4.78, 5) is 25.9. The van der Waals surface area contributed by atoms with Crippen molar-refractivity contribution in [2.24, 2.45) is 0 Å². The Kier molecular flexibility index (Phi) is 6.85. The number of esters is 1. The molecule has 2 rings (SSSR count). The molecule has 1 aliphatic heterocycles. The molecule has 0 radical (unpaired) electrons. The van der Waals surface area contributed by atoms with Crippen LogP contribution in [0.3, 0.4) is 0 Å². The molecule has 0 aliphatic carbocycles. The summed E-state index contributed by atoms with van der Waals surface area (Å²) in [6.07, 6.45) is 3.08. The van der Waals surface area contributed by atoms with Crippen LogP contribution in [0.25, 0.3) is 0 Å². The maximum absolute atomic E-state index is 12.6. The Balaban J connectivity index is 1.96. The van der Waals surface area contributed by atoms with Crippen molar-refractivity contribution in [2.45, 2.75) is 58.4 Å². The number of carbonyl (C=O) groups is 2. The highest BCUT2D eigenvalue weighted by atomic mass is 16.5. The third kappa shape index (κ3) is 5.21. The Bertz CT molecular complexity index is 612. The third-order valence-corrected chi connectivity index (χ3v) is 4.80. The summed E-state index contributed by atoms with van der Waals surface area (Å²) >= 11 is 0. The molecule has 1 amide bonds. The maximum atomic E-state index is 12.6. The average molecular weight is 347 g/mol. The highest BCUT2D eigenvalue weighted by Gasteiger charge is 2.29. The van der Waals surface area contributed by atoms with Gasteiger partial charge < -0.3 is 14.4 Å². The quantitative estimate of drug-likeness (QED) is 0.740. The molecule has 0 spiro atoms. The van der Waals surface area contributed by atoms with E-state index >= 15 is 0 Å². The number of piperidine rings is 1. The van der Waals surface area contributed by atoms with Crippen molar-refractivity contribution in [2.75, 3.05) is 20.3 Å². The van der Waals surface area contributed by atoms with Crippen molar-refractivity contribution >= 4 is 11.9 Å². The minimum Gasteiger partial charge on any atom is -0.484 e. The molecule has 0 saturated carbocycles. The molecule has 1 fully saturated rings. The van der Waals surface area contributed by atoms with E-state index in [2.05, 4.69) is 26.8 Å². The molecule has 1 aromatic rings. The summed E-state index contributed by atoms with van der Waals surface area (Å²) in [6.45, 7) is 7.04. The van der Waals surface area contributed by atoms with Gasteiger partial charge in [-0.1, -0.05) is 19.9 Å². The van der Waals surface area contributed by atoms with Crippen LogP contribution in [-0.2, 0) is 14.3 Å². The van der Waals surface area contributed by atoms with Gasteiger partial charge in [0.15, 0.2) is 6.61 Å². The van der Waals surface area contributed by atoms with Crippen molar-refractivity contribution in [3.8, 4) is 5.75 Å². The maximum Gasteiger partial charge on any atom is 0.307 e. The van der Waals surface area contributed by atoms with Gasteiger partial charge in [-0.3, -0.25) is 9.59 Å². The Labute approximate surface area is 150 Å². The number of hydrogen-bond donors (Lipinski definition) is 0. The molecular weight excluding hydrogens is 318 g/mol. The van der Waals surface area contributed by atoms with Crippen LogP contribution in [-0.4, -0.2) is 43.1 Å². The molecule has 5 nitrogen and oxygen atoms in total. The lowest BCUT2D eigenvalue weighted by molar-refractivity contribution is -0.145. The van der Waals surface area contributed by atoms with E-state index in [4.69, 9.17) is 9.47 Å². The molecule has 0 N–H and O–H groups in total. The second kappa shape index (κ2) is 8.88. The predicted octanol–water partition coefficient (Wildman–Crippen LogP) is 3.44. The van der Waals surface area contributed by atoms with Gasteiger partial charge in [0, 0.05) is 12.6 Å². The summed E-state index contributed by atoms with van der Waals surface area (Å²) in [5.41, 5.74) is 2.45. The summed E-state index contributed by atoms with van der Waals surface area (Å²) in [7, 11) is 1.38. The standard InChI is InChI=1S/C20H29NO4/c1-14(2)18-9-8-17(11-15(18)3)25-13-19(22)21-10-6-5-7-16(21)12-20(23)24-4/h8-9,11,14,16H,5-7,10,12-13H2,1-4H3/t16-/m0/s1. The van der Waals surface area contributed by atoms with E-state index in [9.17, 15) is 9.59 Å². The molecule has 1 saturated heterocycles. The second-order valence-electron chi connectivity index (χ2n) is 6.98. The van der Waals surface area contributed by atoms with E-state index in [1.165, 1.54) is 18.2 Å². The van der Waals surface area contributed by atoms with Gasteiger partial charge in [0.1, 0.15) is 5.75 Å². The molecule has 1 aliphatic rings. The first-order valence-corrected chi connectivity index (χ1v) is 9.02. The van der Waals surface area contributed by atoms with Crippen LogP contribution >= 0.6 is 0 Å². The molecule has 25 heavy (non-hydrogen) atoms. The smallest absolute Gasteiger partial charge is 0.307 e. The number of amides is 1. The van der Waals surface area contributed by atoms with Crippen LogP contribution in [0.2, 0.25) is 0 Å². The van der Waals surface area contributed by atoms with Gasteiger partial charge in [0.2, 0.25) is 0 Å². The molecule has 0 unspecified atom stereocenters. The SMILES string of the molecule is COC(=O)C[C@@H]1CCCCN1C(=O)COc1ccc(C(C)C)c(C)c1. The fraction of sp³-hybridized carbons (Fsp3) is 0.600. The molecule has 1 atom stereocenters. The zero-order valence-corrected chi connectivity index (χ0v) is 15.7. The van der Waals surface area contributed by atoms with E-state index in [1.54, 1.807) is 4.90 Å². The molecule has 1 heterocycles. The number of benzene rings is 1. The number of aryl methyl sites for hydroxylation is 1. The number of carbonyl (C=O) groups excluding carboxylic acids is 2. The number of methoxy groups -OCH3 is 1. The Morgan fingerprint density at radius 2 is 2.04 bits per heavy atom. The van der Waals surface area contributed by atoms with Crippen molar-refractivity contribution < 1.29 is 19.1 Å². The van der Waals surface area contributed by atoms with Crippen LogP contribution in [0.5, 0.6) is 5.75 Å². The lowest BCUT2D eigenvalue weighted by Crippen LogP contribution is -2.46. The zero-order valence-electron chi connectivity index (χ0n) is 15.7. The van der Waals surface area contributed by atoms with Crippen molar-refractivity contribution in [3.63, 3.8) is 0 Å². The van der Waals surface area contributed by atoms with Crippen LogP contribution in [0, 0.1) is 6.92 Å². The van der Waals surface area contributed by atoms with Crippen LogP contribution in [0.1, 0.15) is 56.6 Å². The van der Waals surface area contributed by atoms with Gasteiger partial charge in [-0.25, -0.2) is 0 Å². The lowest BCUT2D eigenvalue weighted by atomic mass is 9.98. The number of hydrogen-bond acceptors (Lipinski definition) is 4. The van der Waals surface area contributed by atoms with E-state index < -0.39 is 0 Å². The molecule has 0 bridgehead atoms. The lowest BCUT2D eigenvalue weighted by Gasteiger charge is -2.35. The normalized spacial score (nSPS) is 17.5. The highest BCUT2D eigenvalue weighted by molar-refractivity contribution is 5.79. The minimum atomic E-state index is -0.273. The van der Waals surface area contributed by atoms with E-state index in [0.29, 0.717) is 18.2 Å². The van der Waals surface area contributed by atoms with Crippen molar-refractivity contribution in [1.82, 2.24) is 4.90 Å². The topological polar surface area (TPSA) is 55.8 Å². The Morgan fingerprint density at radius 1 is 1.28 bits per heavy atom. The molecule has 1 aromatic carbocycles. The predicted molar refractivity (Wildman–Crippen MR) is 96.7 cm³/mol. The van der Waals surface area contributed by atoms with E-state index in [1.807, 2.05) is 12.1 Å². The number of rotatable bonds is 6. The van der Waals surface area contributed by atoms with Gasteiger partial charge in [0.05, 0.1) is 13.5 Å². The van der Waals surface area contributed by atoms with Gasteiger partial charge in [-0.2, -0.15) is 0 Å². The zero-order chi connectivity index (χ0) is 18.4. The largest absolute Gasteiger partial charge is 0.484 e. The van der Waals surface area contributed by atoms with Gasteiger partial charge >= 0.3 is 5.97 Å². The average Bonchev–Trinajstić information content (AvgIpc) is 2.59. The number of likely N-dealkylation sites (tertiary alicyclic amines) is 1. The fourth-order valence-corrected chi connectivity index (χ4v) is 3.43. The molecular formula is C20H29NO4. The number of ether oxygens (including phenoxy) is 2. The fourth-order valence-electron chi connectivity index (χ4n) is 3.43. The van der Waals surface area contributed by atoms with E-state index in [0.717, 1.165) is 19.3 Å². The van der Waals surface area contributed by atoms with Crippen molar-refractivity contribution in [1.29, 1.82) is 0 Å². The first-order chi connectivity index (χ1) is 11.9.